The van der Waals surface area contributed by atoms with E-state index >= 15 is 0 Å². The van der Waals surface area contributed by atoms with Gasteiger partial charge in [-0.1, -0.05) is 6.58 Å². The van der Waals surface area contributed by atoms with Crippen LogP contribution < -0.4 is 21.5 Å². The zero-order chi connectivity index (χ0) is 38.9. The van der Waals surface area contributed by atoms with Crippen molar-refractivity contribution in [3.63, 3.8) is 0 Å². The summed E-state index contributed by atoms with van der Waals surface area (Å²) in [5.74, 6) is -5.48. The van der Waals surface area contributed by atoms with Crippen molar-refractivity contribution < 1.29 is 53.9 Å². The average Bonchev–Trinajstić information content (AvgIpc) is 3.62. The topological polar surface area (TPSA) is 261 Å². The van der Waals surface area contributed by atoms with Gasteiger partial charge in [-0.25, -0.2) is 0 Å². The van der Waals surface area contributed by atoms with Crippen LogP contribution in [0.3, 0.4) is 0 Å². The molecule has 1 aromatic carbocycles. The second-order valence-electron chi connectivity index (χ2n) is 12.8. The van der Waals surface area contributed by atoms with E-state index in [1.807, 2.05) is 0 Å². The zero-order valence-corrected chi connectivity index (χ0v) is 29.5. The summed E-state index contributed by atoms with van der Waals surface area (Å²) in [6.45, 7) is 5.29. The van der Waals surface area contributed by atoms with E-state index in [1.165, 1.54) is 17.0 Å². The lowest BCUT2D eigenvalue weighted by Crippen LogP contribution is -2.47. The lowest BCUT2D eigenvalue weighted by molar-refractivity contribution is -0.144. The Morgan fingerprint density at radius 3 is 2.00 bits per heavy atom. The van der Waals surface area contributed by atoms with E-state index in [0.29, 0.717) is 38.2 Å². The summed E-state index contributed by atoms with van der Waals surface area (Å²) in [6.07, 6.45) is 1.57. The normalized spacial score (nSPS) is 17.7. The maximum Gasteiger partial charge on any atom is 0.320 e. The van der Waals surface area contributed by atoms with E-state index in [9.17, 15) is 53.9 Å². The lowest BCUT2D eigenvalue weighted by Gasteiger charge is -2.30. The third-order valence-electron chi connectivity index (χ3n) is 8.88. The summed E-state index contributed by atoms with van der Waals surface area (Å²) in [4.78, 5) is 91.2. The highest BCUT2D eigenvalue weighted by molar-refractivity contribution is 6.29. The van der Waals surface area contributed by atoms with Gasteiger partial charge in [-0.05, 0) is 49.9 Å². The SMILES string of the molecule is C=C(NC(=O)c1ccc(NNC(=O)CCCNC(=O)CCC(C(=O)O)N2CCN(CC(=O)O)CCN(CC(=O)O)CC2)cc1)C(=O)N1CCCC1[B]O. The first kappa shape index (κ1) is 42.4. The number of nitrogens with zero attached hydrogens (tertiary/aromatic N) is 4. The largest absolute Gasteiger partial charge is 0.480 e. The van der Waals surface area contributed by atoms with Crippen molar-refractivity contribution >= 4 is 54.7 Å². The minimum atomic E-state index is -1.15. The number of anilines is 1. The van der Waals surface area contributed by atoms with Crippen LogP contribution in [0.25, 0.3) is 0 Å². The Morgan fingerprint density at radius 2 is 1.43 bits per heavy atom. The summed E-state index contributed by atoms with van der Waals surface area (Å²) in [5, 5.41) is 42.9. The molecule has 4 amide bonds. The lowest BCUT2D eigenvalue weighted by atomic mass is 9.86. The average molecular weight is 744 g/mol. The summed E-state index contributed by atoms with van der Waals surface area (Å²) < 4.78 is 0. The Morgan fingerprint density at radius 1 is 0.830 bits per heavy atom. The Bertz CT molecular complexity index is 1450. The van der Waals surface area contributed by atoms with Gasteiger partial charge in [-0.2, -0.15) is 0 Å². The number of aliphatic carboxylic acids is 3. The molecule has 53 heavy (non-hydrogen) atoms. The fourth-order valence-electron chi connectivity index (χ4n) is 6.01. The van der Waals surface area contributed by atoms with Crippen LogP contribution in [0.2, 0.25) is 0 Å². The van der Waals surface area contributed by atoms with E-state index in [1.54, 1.807) is 26.8 Å². The predicted molar refractivity (Wildman–Crippen MR) is 190 cm³/mol. The third-order valence-corrected chi connectivity index (χ3v) is 8.88. The van der Waals surface area contributed by atoms with Gasteiger partial charge < -0.3 is 35.9 Å². The third kappa shape index (κ3) is 14.5. The van der Waals surface area contributed by atoms with Crippen molar-refractivity contribution in [3.05, 3.63) is 42.1 Å². The summed E-state index contributed by atoms with van der Waals surface area (Å²) in [7, 11) is 0.954. The fourth-order valence-corrected chi connectivity index (χ4v) is 6.01. The van der Waals surface area contributed by atoms with E-state index < -0.39 is 47.6 Å². The second kappa shape index (κ2) is 21.5. The molecule has 20 heteroatoms. The van der Waals surface area contributed by atoms with E-state index in [0.717, 1.165) is 13.9 Å². The van der Waals surface area contributed by atoms with Crippen molar-refractivity contribution in [2.45, 2.75) is 50.5 Å². The minimum Gasteiger partial charge on any atom is -0.480 e. The molecule has 2 unspecified atom stereocenters. The molecule has 0 spiro atoms. The van der Waals surface area contributed by atoms with Crippen LogP contribution in [-0.2, 0) is 28.8 Å². The first-order valence-electron chi connectivity index (χ1n) is 17.3. The van der Waals surface area contributed by atoms with Crippen molar-refractivity contribution in [3.8, 4) is 0 Å². The van der Waals surface area contributed by atoms with E-state index in [2.05, 4.69) is 28.1 Å². The monoisotopic (exact) mass is 743 g/mol. The van der Waals surface area contributed by atoms with Gasteiger partial charge in [0.1, 0.15) is 6.04 Å². The molecule has 2 saturated heterocycles. The van der Waals surface area contributed by atoms with Crippen LogP contribution in [0.15, 0.2) is 36.5 Å². The smallest absolute Gasteiger partial charge is 0.320 e. The molecule has 2 aliphatic heterocycles. The molecule has 1 radical (unpaired) electrons. The van der Waals surface area contributed by atoms with Crippen molar-refractivity contribution in [2.24, 2.45) is 0 Å². The molecule has 0 saturated carbocycles. The zero-order valence-electron chi connectivity index (χ0n) is 29.5. The van der Waals surface area contributed by atoms with Crippen LogP contribution in [0.5, 0.6) is 0 Å². The molecule has 3 rings (SSSR count). The Balaban J connectivity index is 1.37. The molecule has 0 aliphatic carbocycles. The van der Waals surface area contributed by atoms with Gasteiger partial charge in [0.15, 0.2) is 0 Å². The highest BCUT2D eigenvalue weighted by atomic mass is 16.4. The van der Waals surface area contributed by atoms with Gasteiger partial charge in [-0.3, -0.25) is 59.1 Å². The van der Waals surface area contributed by atoms with Gasteiger partial charge in [-0.15, -0.1) is 0 Å². The van der Waals surface area contributed by atoms with Gasteiger partial charge in [0, 0.05) is 76.7 Å². The molecule has 2 atom stereocenters. The number of carboxylic acids is 3. The highest BCUT2D eigenvalue weighted by Crippen LogP contribution is 2.18. The number of carbonyl (C=O) groups is 7. The number of carbonyl (C=O) groups excluding carboxylic acids is 4. The van der Waals surface area contributed by atoms with Crippen molar-refractivity contribution in [2.75, 3.05) is 70.9 Å². The quantitative estimate of drug-likeness (QED) is 0.0335. The maximum absolute atomic E-state index is 12.6. The van der Waals surface area contributed by atoms with Crippen LogP contribution in [-0.4, -0.2) is 166 Å². The second-order valence-corrected chi connectivity index (χ2v) is 12.8. The Labute approximate surface area is 307 Å². The number of hydrogen-bond acceptors (Lipinski definition) is 12. The first-order chi connectivity index (χ1) is 25.3. The maximum atomic E-state index is 12.6. The molecule has 289 valence electrons. The first-order valence-corrected chi connectivity index (χ1v) is 17.3. The number of rotatable bonds is 19. The van der Waals surface area contributed by atoms with Gasteiger partial charge in [0.05, 0.1) is 24.5 Å². The van der Waals surface area contributed by atoms with Crippen LogP contribution in [0.4, 0.5) is 5.69 Å². The summed E-state index contributed by atoms with van der Waals surface area (Å²) >= 11 is 0. The number of amides is 4. The van der Waals surface area contributed by atoms with Crippen molar-refractivity contribution in [1.29, 1.82) is 0 Å². The molecular weight excluding hydrogens is 695 g/mol. The number of hydrogen-bond donors (Lipinski definition) is 8. The Kier molecular flexibility index (Phi) is 17.2. The molecular formula is C33H48BN8O11. The van der Waals surface area contributed by atoms with E-state index in [4.69, 9.17) is 0 Å². The molecule has 2 heterocycles. The highest BCUT2D eigenvalue weighted by Gasteiger charge is 2.31. The number of likely N-dealkylation sites (tertiary alicyclic amines) is 1. The number of carboxylic acid groups (broad SMARTS) is 3. The van der Waals surface area contributed by atoms with E-state index in [-0.39, 0.29) is 82.2 Å². The molecule has 2 aliphatic rings. The number of benzene rings is 1. The van der Waals surface area contributed by atoms with Crippen LogP contribution in [0, 0.1) is 0 Å². The molecule has 0 bridgehead atoms. The minimum absolute atomic E-state index is 0.0285. The summed E-state index contributed by atoms with van der Waals surface area (Å²) in [5.41, 5.74) is 5.86. The summed E-state index contributed by atoms with van der Waals surface area (Å²) in [6, 6.07) is 5.03. The number of hydrazine groups is 1. The molecule has 19 nitrogen and oxygen atoms in total. The molecule has 2 fully saturated rings. The van der Waals surface area contributed by atoms with Gasteiger partial charge in [0.2, 0.25) is 11.8 Å². The fraction of sp³-hybridized carbons (Fsp3) is 0.545. The van der Waals surface area contributed by atoms with Crippen LogP contribution >= 0.6 is 0 Å². The van der Waals surface area contributed by atoms with Gasteiger partial charge in [0.25, 0.3) is 11.8 Å². The molecule has 0 aromatic heterocycles. The molecule has 1 aromatic rings. The standard InChI is InChI=1S/C33H48BN8O11/c1-22(32(50)42-13-3-4-26(42)34-53)36-31(49)23-6-8-24(9-7-23)37-38-28(44)5-2-12-35-27(43)11-10-25(33(51)52)41-18-16-39(20-29(45)46)14-15-40(17-19-41)21-30(47)48/h6-9,25-26,37,53H,1-5,10-21H2,(H,35,43)(H,36,49)(H,38,44)(H,45,46)(H,47,48)(H,51,52). The van der Waals surface area contributed by atoms with Crippen LogP contribution in [0.1, 0.15) is 48.9 Å². The Hall–Kier alpha value is -5.05. The van der Waals surface area contributed by atoms with Crippen molar-refractivity contribution in [1.82, 2.24) is 35.7 Å². The van der Waals surface area contributed by atoms with Gasteiger partial charge >= 0.3 is 25.4 Å². The predicted octanol–water partition coefficient (Wildman–Crippen LogP) is -1.85. The number of nitrogens with one attached hydrogen (secondary N) is 4. The molecule has 8 N–H and O–H groups in total.